The fraction of sp³-hybridized carbons (Fsp3) is 0.200. The van der Waals surface area contributed by atoms with Crippen LogP contribution in [0.25, 0.3) is 40.0 Å². The van der Waals surface area contributed by atoms with E-state index >= 15 is 0 Å². The average Bonchev–Trinajstić information content (AvgIpc) is 3.44. The smallest absolute Gasteiger partial charge is 0.319 e. The Bertz CT molecular complexity index is 1670. The van der Waals surface area contributed by atoms with Crippen molar-refractivity contribution in [1.29, 1.82) is 0 Å². The summed E-state index contributed by atoms with van der Waals surface area (Å²) in [6.45, 7) is 2.88. The molecule has 0 spiro atoms. The largest absolute Gasteiger partial charge is 0.395 e. The van der Waals surface area contributed by atoms with Crippen molar-refractivity contribution >= 4 is 46.2 Å². The number of aromatic nitrogens is 4. The van der Waals surface area contributed by atoms with Crippen molar-refractivity contribution < 1.29 is 14.6 Å². The van der Waals surface area contributed by atoms with Gasteiger partial charge in [0.1, 0.15) is 0 Å². The van der Waals surface area contributed by atoms with Crippen molar-refractivity contribution in [2.45, 2.75) is 0 Å². The number of rotatable bonds is 7. The number of anilines is 2. The first-order valence-electron chi connectivity index (χ1n) is 13.2. The summed E-state index contributed by atoms with van der Waals surface area (Å²) in [5.74, 6) is 0.814. The molecular weight excluding hydrogens is 506 g/mol. The van der Waals surface area contributed by atoms with Gasteiger partial charge in [-0.25, -0.2) is 19.7 Å². The molecule has 1 saturated heterocycles. The highest BCUT2D eigenvalue weighted by atomic mass is 16.5. The molecule has 0 bridgehead atoms. The molecule has 0 radical (unpaired) electrons. The number of fused-ring (bicyclic) bond motifs is 2. The zero-order valence-corrected chi connectivity index (χ0v) is 21.8. The summed E-state index contributed by atoms with van der Waals surface area (Å²) in [6.07, 6.45) is 7.80. The minimum absolute atomic E-state index is 0.114. The van der Waals surface area contributed by atoms with Gasteiger partial charge >= 0.3 is 6.03 Å². The number of nitrogens with zero attached hydrogens (tertiary/aromatic N) is 5. The summed E-state index contributed by atoms with van der Waals surface area (Å²) in [5, 5.41) is 15.3. The molecule has 202 valence electrons. The SMILES string of the molecule is O=C(NCCO)Nc1ccc(-c2cnc(N3CCOCC3)c3nc(/C=C/c4ccc5ccccc5n4)cn23)cc1. The summed E-state index contributed by atoms with van der Waals surface area (Å²) in [7, 11) is 0. The number of para-hydroxylation sites is 1. The Morgan fingerprint density at radius 3 is 2.60 bits per heavy atom. The molecule has 0 aliphatic carbocycles. The number of amides is 2. The van der Waals surface area contributed by atoms with Crippen molar-refractivity contribution in [3.63, 3.8) is 0 Å². The number of morpholine rings is 1. The number of pyridine rings is 1. The lowest BCUT2D eigenvalue weighted by Gasteiger charge is -2.28. The van der Waals surface area contributed by atoms with Crippen molar-refractivity contribution in [3.8, 4) is 11.3 Å². The van der Waals surface area contributed by atoms with Crippen molar-refractivity contribution in [3.05, 3.63) is 84.4 Å². The fourth-order valence-corrected chi connectivity index (χ4v) is 4.69. The second kappa shape index (κ2) is 11.5. The molecule has 2 amide bonds. The Morgan fingerprint density at radius 2 is 1.77 bits per heavy atom. The van der Waals surface area contributed by atoms with Gasteiger partial charge < -0.3 is 25.4 Å². The molecule has 5 aromatic rings. The lowest BCUT2D eigenvalue weighted by Crippen LogP contribution is -2.37. The number of urea groups is 1. The van der Waals surface area contributed by atoms with Crippen LogP contribution >= 0.6 is 0 Å². The molecule has 3 aromatic heterocycles. The van der Waals surface area contributed by atoms with Crippen LogP contribution in [0.1, 0.15) is 11.4 Å². The minimum atomic E-state index is -0.368. The number of hydrogen-bond acceptors (Lipinski definition) is 7. The molecule has 0 unspecified atom stereocenters. The molecule has 6 rings (SSSR count). The lowest BCUT2D eigenvalue weighted by atomic mass is 10.1. The normalized spacial score (nSPS) is 13.8. The average molecular weight is 536 g/mol. The van der Waals surface area contributed by atoms with E-state index < -0.39 is 0 Å². The van der Waals surface area contributed by atoms with Crippen LogP contribution in [-0.2, 0) is 4.74 Å². The maximum absolute atomic E-state index is 11.9. The molecule has 10 nitrogen and oxygen atoms in total. The van der Waals surface area contributed by atoms with Crippen LogP contribution in [0.4, 0.5) is 16.3 Å². The molecule has 40 heavy (non-hydrogen) atoms. The third kappa shape index (κ3) is 5.49. The standard InChI is InChI=1S/C30H29N7O3/c38-16-13-31-30(39)35-24-9-6-22(7-10-24)27-19-32-28(36-14-17-40-18-15-36)29-34-25(20-37(27)29)12-11-23-8-5-21-3-1-2-4-26(21)33-23/h1-12,19-20,38H,13-18H2,(H2,31,35,39)/b12-11+. The van der Waals surface area contributed by atoms with Crippen LogP contribution in [-0.4, -0.2) is 69.9 Å². The quantitative estimate of drug-likeness (QED) is 0.288. The Labute approximate surface area is 231 Å². The molecule has 3 N–H and O–H groups in total. The number of carbonyl (C=O) groups is 1. The molecule has 10 heteroatoms. The summed E-state index contributed by atoms with van der Waals surface area (Å²) in [6, 6.07) is 19.3. The summed E-state index contributed by atoms with van der Waals surface area (Å²) in [5.41, 5.74) is 5.80. The molecule has 0 saturated carbocycles. The molecule has 1 aliphatic heterocycles. The van der Waals surface area contributed by atoms with Gasteiger partial charge in [0.15, 0.2) is 11.5 Å². The predicted octanol–water partition coefficient (Wildman–Crippen LogP) is 4.07. The van der Waals surface area contributed by atoms with Gasteiger partial charge in [-0.15, -0.1) is 0 Å². The van der Waals surface area contributed by atoms with Crippen LogP contribution < -0.4 is 15.5 Å². The second-order valence-electron chi connectivity index (χ2n) is 9.37. The first-order valence-corrected chi connectivity index (χ1v) is 13.2. The van der Waals surface area contributed by atoms with E-state index in [0.717, 1.165) is 58.1 Å². The predicted molar refractivity (Wildman–Crippen MR) is 156 cm³/mol. The molecule has 1 fully saturated rings. The second-order valence-corrected chi connectivity index (χ2v) is 9.37. The number of imidazole rings is 1. The van der Waals surface area contributed by atoms with Crippen molar-refractivity contribution in [2.24, 2.45) is 0 Å². The maximum atomic E-state index is 11.9. The van der Waals surface area contributed by atoms with Crippen LogP contribution in [0, 0.1) is 0 Å². The van der Waals surface area contributed by atoms with Gasteiger partial charge in [-0.05, 0) is 36.4 Å². The molecule has 0 atom stereocenters. The van der Waals surface area contributed by atoms with E-state index in [0.29, 0.717) is 18.9 Å². The number of aliphatic hydroxyl groups is 1. The van der Waals surface area contributed by atoms with E-state index in [1.807, 2.05) is 79.1 Å². The van der Waals surface area contributed by atoms with Gasteiger partial charge in [-0.3, -0.25) is 4.40 Å². The van der Waals surface area contributed by atoms with Gasteiger partial charge in [0.25, 0.3) is 0 Å². The summed E-state index contributed by atoms with van der Waals surface area (Å²) < 4.78 is 7.61. The first-order chi connectivity index (χ1) is 19.7. The van der Waals surface area contributed by atoms with Crippen LogP contribution in [0.3, 0.4) is 0 Å². The molecular formula is C30H29N7O3. The zero-order chi connectivity index (χ0) is 27.3. The molecule has 1 aliphatic rings. The zero-order valence-electron chi connectivity index (χ0n) is 21.8. The molecule has 4 heterocycles. The molecule has 2 aromatic carbocycles. The van der Waals surface area contributed by atoms with E-state index in [4.69, 9.17) is 24.8 Å². The number of carbonyl (C=O) groups excluding carboxylic acids is 1. The van der Waals surface area contributed by atoms with Gasteiger partial charge in [0.2, 0.25) is 0 Å². The lowest BCUT2D eigenvalue weighted by molar-refractivity contribution is 0.122. The van der Waals surface area contributed by atoms with E-state index in [9.17, 15) is 4.79 Å². The number of hydrogen-bond donors (Lipinski definition) is 3. The van der Waals surface area contributed by atoms with E-state index in [1.54, 1.807) is 0 Å². The topological polar surface area (TPSA) is 117 Å². The third-order valence-corrected chi connectivity index (χ3v) is 6.68. The summed E-state index contributed by atoms with van der Waals surface area (Å²) >= 11 is 0. The van der Waals surface area contributed by atoms with Gasteiger partial charge in [-0.2, -0.15) is 0 Å². The summed E-state index contributed by atoms with van der Waals surface area (Å²) in [4.78, 5) is 28.7. The fourth-order valence-electron chi connectivity index (χ4n) is 4.69. The van der Waals surface area contributed by atoms with E-state index in [-0.39, 0.29) is 19.2 Å². The van der Waals surface area contributed by atoms with E-state index in [2.05, 4.69) is 26.0 Å². The highest BCUT2D eigenvalue weighted by Gasteiger charge is 2.19. The number of ether oxygens (including phenoxy) is 1. The third-order valence-electron chi connectivity index (χ3n) is 6.68. The van der Waals surface area contributed by atoms with Crippen molar-refractivity contribution in [1.82, 2.24) is 24.7 Å². The number of aliphatic hydroxyl groups excluding tert-OH is 1. The Hall–Kier alpha value is -4.80. The van der Waals surface area contributed by atoms with Gasteiger partial charge in [0.05, 0.1) is 48.6 Å². The number of nitrogens with one attached hydrogen (secondary N) is 2. The van der Waals surface area contributed by atoms with Crippen molar-refractivity contribution in [2.75, 3.05) is 49.7 Å². The highest BCUT2D eigenvalue weighted by molar-refractivity contribution is 5.89. The monoisotopic (exact) mass is 535 g/mol. The van der Waals surface area contributed by atoms with Gasteiger partial charge in [0, 0.05) is 42.5 Å². The van der Waals surface area contributed by atoms with Crippen LogP contribution in [0.5, 0.6) is 0 Å². The van der Waals surface area contributed by atoms with E-state index in [1.165, 1.54) is 0 Å². The Balaban J connectivity index is 1.34. The Kier molecular flexibility index (Phi) is 7.34. The first kappa shape index (κ1) is 25.5. The highest BCUT2D eigenvalue weighted by Crippen LogP contribution is 2.28. The Morgan fingerprint density at radius 1 is 0.975 bits per heavy atom. The van der Waals surface area contributed by atoms with Gasteiger partial charge in [-0.1, -0.05) is 36.4 Å². The maximum Gasteiger partial charge on any atom is 0.319 e. The van der Waals surface area contributed by atoms with Crippen LogP contribution in [0.2, 0.25) is 0 Å². The number of benzene rings is 2. The van der Waals surface area contributed by atoms with Crippen LogP contribution in [0.15, 0.2) is 73.1 Å². The minimum Gasteiger partial charge on any atom is -0.395 e.